The first-order valence-corrected chi connectivity index (χ1v) is 6.93. The molecule has 0 radical (unpaired) electrons. The summed E-state index contributed by atoms with van der Waals surface area (Å²) in [5, 5.41) is 12.8. The van der Waals surface area contributed by atoms with Crippen LogP contribution in [-0.2, 0) is 11.3 Å². The molecule has 1 aromatic rings. The molecule has 1 aromatic carbocycles. The van der Waals surface area contributed by atoms with Crippen molar-refractivity contribution >= 4 is 17.5 Å². The molecule has 0 saturated carbocycles. The van der Waals surface area contributed by atoms with E-state index < -0.39 is 0 Å². The lowest BCUT2D eigenvalue weighted by Gasteiger charge is -2.21. The van der Waals surface area contributed by atoms with Crippen molar-refractivity contribution in [3.63, 3.8) is 0 Å². The van der Waals surface area contributed by atoms with Gasteiger partial charge in [-0.1, -0.05) is 23.7 Å². The van der Waals surface area contributed by atoms with E-state index in [1.54, 1.807) is 0 Å². The number of benzene rings is 1. The Morgan fingerprint density at radius 3 is 2.84 bits per heavy atom. The van der Waals surface area contributed by atoms with E-state index in [4.69, 9.17) is 11.6 Å². The number of carbonyl (C=O) groups excluding carboxylic acids is 1. The van der Waals surface area contributed by atoms with Gasteiger partial charge >= 0.3 is 0 Å². The minimum absolute atomic E-state index is 0.00435. The highest BCUT2D eigenvalue weighted by atomic mass is 35.5. The maximum absolute atomic E-state index is 11.8. The van der Waals surface area contributed by atoms with E-state index in [0.717, 1.165) is 24.9 Å². The predicted molar refractivity (Wildman–Crippen MR) is 75.0 cm³/mol. The fraction of sp³-hybridized carbons (Fsp3) is 0.500. The van der Waals surface area contributed by atoms with Crippen LogP contribution in [0, 0.1) is 0 Å². The molecule has 1 aliphatic heterocycles. The molecule has 1 aliphatic rings. The SMILES string of the molecule is O=C(CN1CCC[C@H]1CO)NCc1ccc(Cl)cc1. The van der Waals surface area contributed by atoms with Crippen molar-refractivity contribution in [1.29, 1.82) is 0 Å². The van der Waals surface area contributed by atoms with Crippen molar-refractivity contribution in [3.05, 3.63) is 34.9 Å². The number of aliphatic hydroxyl groups excluding tert-OH is 1. The number of likely N-dealkylation sites (tertiary alicyclic amines) is 1. The molecule has 1 heterocycles. The second kappa shape index (κ2) is 6.89. The zero-order chi connectivity index (χ0) is 13.7. The first-order chi connectivity index (χ1) is 9.19. The van der Waals surface area contributed by atoms with E-state index in [9.17, 15) is 9.90 Å². The van der Waals surface area contributed by atoms with Crippen LogP contribution >= 0.6 is 11.6 Å². The number of carbonyl (C=O) groups is 1. The summed E-state index contributed by atoms with van der Waals surface area (Å²) < 4.78 is 0. The summed E-state index contributed by atoms with van der Waals surface area (Å²) in [6.07, 6.45) is 2.02. The highest BCUT2D eigenvalue weighted by Gasteiger charge is 2.25. The zero-order valence-corrected chi connectivity index (χ0v) is 11.6. The second-order valence-corrected chi connectivity index (χ2v) is 5.29. The molecule has 104 valence electrons. The summed E-state index contributed by atoms with van der Waals surface area (Å²) in [5.74, 6) is -0.00435. The quantitative estimate of drug-likeness (QED) is 0.859. The van der Waals surface area contributed by atoms with Gasteiger partial charge in [0.25, 0.3) is 0 Å². The van der Waals surface area contributed by atoms with E-state index in [1.165, 1.54) is 0 Å². The third kappa shape index (κ3) is 4.20. The van der Waals surface area contributed by atoms with Gasteiger partial charge in [-0.2, -0.15) is 0 Å². The van der Waals surface area contributed by atoms with Crippen LogP contribution in [0.15, 0.2) is 24.3 Å². The van der Waals surface area contributed by atoms with E-state index in [1.807, 2.05) is 29.2 Å². The molecule has 0 unspecified atom stereocenters. The normalized spacial score (nSPS) is 19.6. The van der Waals surface area contributed by atoms with Crippen molar-refractivity contribution in [2.75, 3.05) is 19.7 Å². The number of rotatable bonds is 5. The van der Waals surface area contributed by atoms with Crippen LogP contribution < -0.4 is 5.32 Å². The summed E-state index contributed by atoms with van der Waals surface area (Å²) in [6, 6.07) is 7.56. The Morgan fingerprint density at radius 1 is 1.42 bits per heavy atom. The fourth-order valence-corrected chi connectivity index (χ4v) is 2.48. The zero-order valence-electron chi connectivity index (χ0n) is 10.8. The molecule has 1 atom stereocenters. The van der Waals surface area contributed by atoms with Crippen LogP contribution in [0.2, 0.25) is 5.02 Å². The van der Waals surface area contributed by atoms with E-state index in [0.29, 0.717) is 18.1 Å². The summed E-state index contributed by atoms with van der Waals surface area (Å²) in [4.78, 5) is 13.9. The van der Waals surface area contributed by atoms with Crippen LogP contribution in [0.5, 0.6) is 0 Å². The van der Waals surface area contributed by atoms with Gasteiger partial charge in [0.2, 0.25) is 5.91 Å². The van der Waals surface area contributed by atoms with E-state index in [-0.39, 0.29) is 18.6 Å². The minimum Gasteiger partial charge on any atom is -0.395 e. The molecule has 1 amide bonds. The Kier molecular flexibility index (Phi) is 5.19. The first kappa shape index (κ1) is 14.3. The number of halogens is 1. The van der Waals surface area contributed by atoms with Gasteiger partial charge in [0.05, 0.1) is 13.2 Å². The largest absolute Gasteiger partial charge is 0.395 e. The molecular weight excluding hydrogens is 264 g/mol. The van der Waals surface area contributed by atoms with Gasteiger partial charge in [0, 0.05) is 17.6 Å². The second-order valence-electron chi connectivity index (χ2n) is 4.85. The maximum Gasteiger partial charge on any atom is 0.234 e. The summed E-state index contributed by atoms with van der Waals surface area (Å²) in [5.41, 5.74) is 1.03. The number of aliphatic hydroxyl groups is 1. The first-order valence-electron chi connectivity index (χ1n) is 6.55. The maximum atomic E-state index is 11.8. The van der Waals surface area contributed by atoms with Gasteiger partial charge in [0.15, 0.2) is 0 Å². The van der Waals surface area contributed by atoms with Crippen LogP contribution in [0.1, 0.15) is 18.4 Å². The highest BCUT2D eigenvalue weighted by molar-refractivity contribution is 6.30. The van der Waals surface area contributed by atoms with Crippen molar-refractivity contribution in [3.8, 4) is 0 Å². The molecule has 1 fully saturated rings. The lowest BCUT2D eigenvalue weighted by molar-refractivity contribution is -0.122. The topological polar surface area (TPSA) is 52.6 Å². The Morgan fingerprint density at radius 2 is 2.16 bits per heavy atom. The smallest absolute Gasteiger partial charge is 0.234 e. The Balaban J connectivity index is 1.77. The van der Waals surface area contributed by atoms with Crippen molar-refractivity contribution in [2.45, 2.75) is 25.4 Å². The van der Waals surface area contributed by atoms with Gasteiger partial charge in [-0.3, -0.25) is 9.69 Å². The van der Waals surface area contributed by atoms with Gasteiger partial charge in [0.1, 0.15) is 0 Å². The predicted octanol–water partition coefficient (Wildman–Crippen LogP) is 1.41. The van der Waals surface area contributed by atoms with Crippen LogP contribution in [0.4, 0.5) is 0 Å². The van der Waals surface area contributed by atoms with Crippen LogP contribution in [-0.4, -0.2) is 41.7 Å². The lowest BCUT2D eigenvalue weighted by Crippen LogP contribution is -2.40. The van der Waals surface area contributed by atoms with Crippen LogP contribution in [0.25, 0.3) is 0 Å². The van der Waals surface area contributed by atoms with Crippen molar-refractivity contribution in [1.82, 2.24) is 10.2 Å². The number of amides is 1. The third-order valence-corrected chi connectivity index (χ3v) is 3.71. The average Bonchev–Trinajstić information content (AvgIpc) is 2.85. The number of nitrogens with one attached hydrogen (secondary N) is 1. The Bertz CT molecular complexity index is 422. The Labute approximate surface area is 118 Å². The lowest BCUT2D eigenvalue weighted by atomic mass is 10.2. The summed E-state index contributed by atoms with van der Waals surface area (Å²) >= 11 is 5.80. The van der Waals surface area contributed by atoms with Gasteiger partial charge in [-0.05, 0) is 37.1 Å². The highest BCUT2D eigenvalue weighted by Crippen LogP contribution is 2.15. The molecule has 0 bridgehead atoms. The molecule has 19 heavy (non-hydrogen) atoms. The van der Waals surface area contributed by atoms with Gasteiger partial charge in [-0.25, -0.2) is 0 Å². The number of nitrogens with zero attached hydrogens (tertiary/aromatic N) is 1. The van der Waals surface area contributed by atoms with Crippen molar-refractivity contribution in [2.24, 2.45) is 0 Å². The molecule has 2 rings (SSSR count). The summed E-state index contributed by atoms with van der Waals surface area (Å²) in [7, 11) is 0. The van der Waals surface area contributed by atoms with Crippen molar-refractivity contribution < 1.29 is 9.90 Å². The molecule has 4 nitrogen and oxygen atoms in total. The van der Waals surface area contributed by atoms with E-state index in [2.05, 4.69) is 5.32 Å². The average molecular weight is 283 g/mol. The molecule has 1 saturated heterocycles. The monoisotopic (exact) mass is 282 g/mol. The molecule has 0 aromatic heterocycles. The van der Waals surface area contributed by atoms with E-state index >= 15 is 0 Å². The Hall–Kier alpha value is -1.10. The molecule has 0 aliphatic carbocycles. The third-order valence-electron chi connectivity index (χ3n) is 3.46. The van der Waals surface area contributed by atoms with Crippen LogP contribution in [0.3, 0.4) is 0 Å². The summed E-state index contributed by atoms with van der Waals surface area (Å²) in [6.45, 7) is 1.89. The molecule has 0 spiro atoms. The van der Waals surface area contributed by atoms with Gasteiger partial charge < -0.3 is 10.4 Å². The molecular formula is C14H19ClN2O2. The number of hydrogen-bond acceptors (Lipinski definition) is 3. The fourth-order valence-electron chi connectivity index (χ4n) is 2.35. The van der Waals surface area contributed by atoms with Gasteiger partial charge in [-0.15, -0.1) is 0 Å². The minimum atomic E-state index is -0.00435. The molecule has 2 N–H and O–H groups in total. The number of hydrogen-bond donors (Lipinski definition) is 2. The molecule has 5 heteroatoms. The standard InChI is InChI=1S/C14H19ClN2O2/c15-12-5-3-11(4-6-12)8-16-14(19)9-17-7-1-2-13(17)10-18/h3-6,13,18H,1-2,7-10H2,(H,16,19)/t13-/m0/s1.